The minimum absolute atomic E-state index is 0.492. The zero-order valence-corrected chi connectivity index (χ0v) is 19.9. The molecule has 1 saturated heterocycles. The van der Waals surface area contributed by atoms with Gasteiger partial charge >= 0.3 is 6.03 Å². The van der Waals surface area contributed by atoms with Crippen LogP contribution in [-0.2, 0) is 0 Å². The van der Waals surface area contributed by atoms with E-state index in [1.54, 1.807) is 7.11 Å². The average Bonchev–Trinajstić information content (AvgIpc) is 3.21. The molecule has 8 heteroatoms. The highest BCUT2D eigenvalue weighted by Gasteiger charge is 2.20. The molecule has 2 N–H and O–H groups in total. The third-order valence-corrected chi connectivity index (χ3v) is 6.39. The molecule has 1 aliphatic rings. The predicted octanol–water partition coefficient (Wildman–Crippen LogP) is 4.69. The number of unbranched alkanes of at least 4 members (excludes halogenated alkanes) is 1. The van der Waals surface area contributed by atoms with E-state index in [9.17, 15) is 4.79 Å². The number of piperazine rings is 1. The Labute approximate surface area is 196 Å². The molecule has 0 radical (unpaired) electrons. The van der Waals surface area contributed by atoms with E-state index < -0.39 is 6.03 Å². The fourth-order valence-corrected chi connectivity index (χ4v) is 4.55. The van der Waals surface area contributed by atoms with Crippen LogP contribution in [0.25, 0.3) is 11.0 Å². The van der Waals surface area contributed by atoms with Gasteiger partial charge in [-0.25, -0.2) is 4.79 Å². The van der Waals surface area contributed by atoms with Crippen LogP contribution in [0, 0.1) is 0 Å². The molecule has 0 unspecified atom stereocenters. The molecule has 1 fully saturated rings. The van der Waals surface area contributed by atoms with Crippen molar-refractivity contribution in [2.45, 2.75) is 12.8 Å². The first kappa shape index (κ1) is 22.5. The summed E-state index contributed by atoms with van der Waals surface area (Å²) < 4.78 is 12.3. The Morgan fingerprint density at radius 1 is 1.12 bits per heavy atom. The Hall–Kier alpha value is -2.71. The van der Waals surface area contributed by atoms with E-state index in [0.29, 0.717) is 12.4 Å². The van der Waals surface area contributed by atoms with Crippen molar-refractivity contribution in [1.29, 1.82) is 0 Å². The summed E-state index contributed by atoms with van der Waals surface area (Å²) in [7, 11) is 1.72. The number of primary amides is 1. The van der Waals surface area contributed by atoms with E-state index in [1.165, 1.54) is 4.90 Å². The number of benzene rings is 2. The predicted molar refractivity (Wildman–Crippen MR) is 132 cm³/mol. The second kappa shape index (κ2) is 10.3. The largest absolute Gasteiger partial charge is 0.495 e. The molecular weight excluding hydrogens is 472 g/mol. The van der Waals surface area contributed by atoms with E-state index in [2.05, 4.69) is 37.9 Å². The van der Waals surface area contributed by atoms with Crippen molar-refractivity contribution in [2.24, 2.45) is 5.73 Å². The lowest BCUT2D eigenvalue weighted by molar-refractivity contribution is 0.248. The molecule has 0 aliphatic carbocycles. The molecule has 7 nitrogen and oxygen atoms in total. The number of nitrogens with two attached hydrogens (primary N) is 1. The third-order valence-electron chi connectivity index (χ3n) is 5.90. The highest BCUT2D eigenvalue weighted by Crippen LogP contribution is 2.29. The van der Waals surface area contributed by atoms with Crippen molar-refractivity contribution >= 4 is 44.5 Å². The standard InChI is InChI=1S/C24H29BrN4O3/c1-31-22-7-3-2-6-20(22)28-14-12-27(13-15-28)10-4-5-11-29(24(26)30)23-17-18-16-19(25)8-9-21(18)32-23/h2-3,6-9,16-17H,4-5,10-15H2,1H3,(H2,26,30). The van der Waals surface area contributed by atoms with Gasteiger partial charge in [0.1, 0.15) is 11.3 Å². The van der Waals surface area contributed by atoms with Crippen molar-refractivity contribution in [2.75, 3.05) is 56.2 Å². The molecule has 3 aromatic rings. The lowest BCUT2D eigenvalue weighted by atomic mass is 10.2. The number of hydrogen-bond acceptors (Lipinski definition) is 5. The second-order valence-electron chi connectivity index (χ2n) is 7.96. The van der Waals surface area contributed by atoms with Crippen LogP contribution in [0.2, 0.25) is 0 Å². The number of ether oxygens (including phenoxy) is 1. The molecular formula is C24H29BrN4O3. The van der Waals surface area contributed by atoms with Gasteiger partial charge in [0.2, 0.25) is 5.88 Å². The summed E-state index contributed by atoms with van der Waals surface area (Å²) in [6.07, 6.45) is 1.85. The topological polar surface area (TPSA) is 75.2 Å². The number of amides is 2. The SMILES string of the molecule is COc1ccccc1N1CCN(CCCCN(C(N)=O)c2cc3cc(Br)ccc3o2)CC1. The van der Waals surface area contributed by atoms with Crippen LogP contribution in [0.3, 0.4) is 0 Å². The number of anilines is 2. The number of nitrogens with zero attached hydrogens (tertiary/aromatic N) is 3. The normalized spacial score (nSPS) is 14.6. The maximum Gasteiger partial charge on any atom is 0.321 e. The summed E-state index contributed by atoms with van der Waals surface area (Å²) >= 11 is 3.46. The molecule has 1 aromatic heterocycles. The molecule has 0 saturated carbocycles. The number of carbonyl (C=O) groups is 1. The first-order valence-electron chi connectivity index (χ1n) is 10.9. The Morgan fingerprint density at radius 2 is 1.91 bits per heavy atom. The Bertz CT molecular complexity index is 1060. The van der Waals surface area contributed by atoms with Crippen LogP contribution >= 0.6 is 15.9 Å². The van der Waals surface area contributed by atoms with Crippen LogP contribution in [-0.4, -0.2) is 57.3 Å². The summed E-state index contributed by atoms with van der Waals surface area (Å²) in [5.74, 6) is 1.42. The summed E-state index contributed by atoms with van der Waals surface area (Å²) in [5, 5.41) is 0.938. The zero-order chi connectivity index (χ0) is 22.5. The van der Waals surface area contributed by atoms with Crippen molar-refractivity contribution in [3.63, 3.8) is 0 Å². The highest BCUT2D eigenvalue weighted by atomic mass is 79.9. The van der Waals surface area contributed by atoms with E-state index in [4.69, 9.17) is 14.9 Å². The molecule has 0 atom stereocenters. The first-order chi connectivity index (χ1) is 15.5. The number of urea groups is 1. The lowest BCUT2D eigenvalue weighted by Crippen LogP contribution is -2.46. The van der Waals surface area contributed by atoms with Crippen molar-refractivity contribution < 1.29 is 13.9 Å². The smallest absolute Gasteiger partial charge is 0.321 e. The number of fused-ring (bicyclic) bond motifs is 1. The van der Waals surface area contributed by atoms with Gasteiger partial charge in [-0.3, -0.25) is 9.80 Å². The van der Waals surface area contributed by atoms with Gasteiger partial charge in [0, 0.05) is 48.6 Å². The number of methoxy groups -OCH3 is 1. The molecule has 1 aliphatic heterocycles. The molecule has 0 bridgehead atoms. The number of carbonyl (C=O) groups excluding carboxylic acids is 1. The van der Waals surface area contributed by atoms with E-state index in [1.807, 2.05) is 36.4 Å². The van der Waals surface area contributed by atoms with Crippen molar-refractivity contribution in [3.8, 4) is 5.75 Å². The fourth-order valence-electron chi connectivity index (χ4n) is 4.17. The Morgan fingerprint density at radius 3 is 2.66 bits per heavy atom. The van der Waals surface area contributed by atoms with Gasteiger partial charge in [-0.1, -0.05) is 28.1 Å². The van der Waals surface area contributed by atoms with E-state index >= 15 is 0 Å². The molecule has 32 heavy (non-hydrogen) atoms. The average molecular weight is 501 g/mol. The van der Waals surface area contributed by atoms with Crippen LogP contribution in [0.5, 0.6) is 5.75 Å². The zero-order valence-electron chi connectivity index (χ0n) is 18.3. The molecule has 170 valence electrons. The van der Waals surface area contributed by atoms with Gasteiger partial charge in [-0.15, -0.1) is 0 Å². The number of halogens is 1. The summed E-state index contributed by atoms with van der Waals surface area (Å²) in [4.78, 5) is 18.4. The van der Waals surface area contributed by atoms with Crippen molar-refractivity contribution in [3.05, 3.63) is 53.0 Å². The first-order valence-corrected chi connectivity index (χ1v) is 11.7. The number of rotatable bonds is 8. The lowest BCUT2D eigenvalue weighted by Gasteiger charge is -2.36. The van der Waals surface area contributed by atoms with Gasteiger partial charge in [0.05, 0.1) is 12.8 Å². The molecule has 4 rings (SSSR count). The third kappa shape index (κ3) is 5.19. The van der Waals surface area contributed by atoms with Gasteiger partial charge in [-0.05, 0) is 49.7 Å². The highest BCUT2D eigenvalue weighted by molar-refractivity contribution is 9.10. The summed E-state index contributed by atoms with van der Waals surface area (Å²) in [6.45, 7) is 5.51. The molecule has 2 aromatic carbocycles. The van der Waals surface area contributed by atoms with Crippen LogP contribution < -0.4 is 20.3 Å². The molecule has 2 heterocycles. The van der Waals surface area contributed by atoms with Gasteiger partial charge in [0.25, 0.3) is 0 Å². The van der Waals surface area contributed by atoms with Gasteiger partial charge in [0.15, 0.2) is 0 Å². The quantitative estimate of drug-likeness (QED) is 0.454. The maximum absolute atomic E-state index is 12.0. The monoisotopic (exact) mass is 500 g/mol. The van der Waals surface area contributed by atoms with Crippen LogP contribution in [0.15, 0.2) is 57.4 Å². The number of furan rings is 1. The van der Waals surface area contributed by atoms with E-state index in [-0.39, 0.29) is 0 Å². The van der Waals surface area contributed by atoms with E-state index in [0.717, 1.165) is 72.4 Å². The Balaban J connectivity index is 1.25. The van der Waals surface area contributed by atoms with Crippen LogP contribution in [0.4, 0.5) is 16.4 Å². The number of hydrogen-bond donors (Lipinski definition) is 1. The summed E-state index contributed by atoms with van der Waals surface area (Å²) in [5.41, 5.74) is 7.53. The fraction of sp³-hybridized carbons (Fsp3) is 0.375. The van der Waals surface area contributed by atoms with Gasteiger partial charge < -0.3 is 19.8 Å². The Kier molecular flexibility index (Phi) is 7.22. The maximum atomic E-state index is 12.0. The minimum Gasteiger partial charge on any atom is -0.495 e. The second-order valence-corrected chi connectivity index (χ2v) is 8.88. The van der Waals surface area contributed by atoms with Gasteiger partial charge in [-0.2, -0.15) is 0 Å². The van der Waals surface area contributed by atoms with Crippen LogP contribution in [0.1, 0.15) is 12.8 Å². The minimum atomic E-state index is -0.492. The molecule has 0 spiro atoms. The van der Waals surface area contributed by atoms with Crippen molar-refractivity contribution in [1.82, 2.24) is 4.90 Å². The molecule has 2 amide bonds. The number of para-hydroxylation sites is 2. The summed E-state index contributed by atoms with van der Waals surface area (Å²) in [6, 6.07) is 15.3.